The number of methoxy groups -OCH3 is 3. The van der Waals surface area contributed by atoms with E-state index in [2.05, 4.69) is 10.3 Å². The maximum atomic E-state index is 12.4. The molecule has 1 aromatic carbocycles. The van der Waals surface area contributed by atoms with E-state index >= 15 is 0 Å². The van der Waals surface area contributed by atoms with Gasteiger partial charge in [0.05, 0.1) is 39.5 Å². The monoisotopic (exact) mass is 424 g/mol. The Kier molecular flexibility index (Phi) is 7.60. The number of aromatic amines is 1. The quantitative estimate of drug-likeness (QED) is 0.276. The minimum absolute atomic E-state index is 0.104. The lowest BCUT2D eigenvalue weighted by Gasteiger charge is -2.16. The molecule has 0 fully saturated rings. The predicted molar refractivity (Wildman–Crippen MR) is 110 cm³/mol. The van der Waals surface area contributed by atoms with E-state index in [1.807, 2.05) is 6.92 Å². The van der Waals surface area contributed by atoms with Gasteiger partial charge in [-0.1, -0.05) is 18.5 Å². The van der Waals surface area contributed by atoms with E-state index in [1.165, 1.54) is 21.3 Å². The molecule has 0 aliphatic heterocycles. The molecular formula is C19H25ClN4O5. The zero-order valence-corrected chi connectivity index (χ0v) is 17.5. The molecule has 9 nitrogen and oxygen atoms in total. The molecule has 0 aliphatic rings. The molecule has 0 amide bonds. The number of esters is 1. The molecule has 2 rings (SSSR count). The van der Waals surface area contributed by atoms with Crippen molar-refractivity contribution in [2.45, 2.75) is 19.9 Å². The summed E-state index contributed by atoms with van der Waals surface area (Å²) in [6.45, 7) is 2.29. The Bertz CT molecular complexity index is 897. The summed E-state index contributed by atoms with van der Waals surface area (Å²) in [6, 6.07) is 3.45. The number of benzene rings is 1. The van der Waals surface area contributed by atoms with E-state index in [9.17, 15) is 4.79 Å². The molecule has 158 valence electrons. The van der Waals surface area contributed by atoms with Crippen molar-refractivity contribution in [2.75, 3.05) is 27.9 Å². The van der Waals surface area contributed by atoms with Crippen molar-refractivity contribution in [2.24, 2.45) is 5.73 Å². The molecule has 29 heavy (non-hydrogen) atoms. The maximum absolute atomic E-state index is 12.4. The molecule has 2 aromatic rings. The first-order valence-corrected chi connectivity index (χ1v) is 9.21. The fraction of sp³-hybridized carbons (Fsp3) is 0.368. The minimum atomic E-state index is -0.577. The van der Waals surface area contributed by atoms with Crippen LogP contribution < -0.4 is 25.3 Å². The zero-order valence-electron chi connectivity index (χ0n) is 16.8. The number of ether oxygens (including phenoxy) is 4. The lowest BCUT2D eigenvalue weighted by molar-refractivity contribution is 0.0499. The number of guanidine groups is 1. The molecule has 10 heteroatoms. The number of hydrogen-bond donors (Lipinski definition) is 4. The molecule has 0 bridgehead atoms. The number of H-pyrrole nitrogens is 1. The Balaban J connectivity index is 2.68. The van der Waals surface area contributed by atoms with Crippen LogP contribution >= 0.6 is 11.6 Å². The van der Waals surface area contributed by atoms with E-state index in [0.717, 1.165) is 0 Å². The Morgan fingerprint density at radius 2 is 1.90 bits per heavy atom. The molecule has 0 atom stereocenters. The van der Waals surface area contributed by atoms with E-state index in [4.69, 9.17) is 41.7 Å². The van der Waals surface area contributed by atoms with Crippen molar-refractivity contribution in [1.82, 2.24) is 10.3 Å². The van der Waals surface area contributed by atoms with E-state index < -0.39 is 5.97 Å². The number of nitrogens with two attached hydrogens (primary N) is 1. The Labute approximate surface area is 173 Å². The summed E-state index contributed by atoms with van der Waals surface area (Å²) >= 11 is 6.58. The highest BCUT2D eigenvalue weighted by Crippen LogP contribution is 2.47. The number of hydrogen-bond acceptors (Lipinski definition) is 6. The summed E-state index contributed by atoms with van der Waals surface area (Å²) < 4.78 is 21.5. The largest absolute Gasteiger partial charge is 0.493 e. The number of aromatic nitrogens is 1. The van der Waals surface area contributed by atoms with Crippen LogP contribution in [-0.4, -0.2) is 44.8 Å². The molecule has 0 aliphatic carbocycles. The first-order valence-electron chi connectivity index (χ1n) is 8.84. The van der Waals surface area contributed by atoms with Gasteiger partial charge in [0.2, 0.25) is 5.75 Å². The van der Waals surface area contributed by atoms with Crippen molar-refractivity contribution in [3.8, 4) is 28.4 Å². The molecule has 0 saturated carbocycles. The summed E-state index contributed by atoms with van der Waals surface area (Å²) in [5.41, 5.74) is 7.11. The van der Waals surface area contributed by atoms with Crippen LogP contribution in [0.2, 0.25) is 5.02 Å². The highest BCUT2D eigenvalue weighted by molar-refractivity contribution is 6.36. The normalized spacial score (nSPS) is 10.4. The molecule has 5 N–H and O–H groups in total. The van der Waals surface area contributed by atoms with Crippen LogP contribution in [0.15, 0.2) is 12.1 Å². The summed E-state index contributed by atoms with van der Waals surface area (Å²) in [7, 11) is 4.50. The lowest BCUT2D eigenvalue weighted by atomic mass is 10.0. The van der Waals surface area contributed by atoms with Crippen LogP contribution in [0.4, 0.5) is 0 Å². The molecule has 0 unspecified atom stereocenters. The predicted octanol–water partition coefficient (Wildman–Crippen LogP) is 2.91. The molecule has 1 heterocycles. The van der Waals surface area contributed by atoms with Crippen LogP contribution in [0, 0.1) is 5.41 Å². The fourth-order valence-electron chi connectivity index (χ4n) is 2.83. The number of rotatable bonds is 9. The van der Waals surface area contributed by atoms with Crippen molar-refractivity contribution in [1.29, 1.82) is 5.41 Å². The molecule has 0 radical (unpaired) electrons. The topological polar surface area (TPSA) is 132 Å². The third kappa shape index (κ3) is 4.68. The van der Waals surface area contributed by atoms with Crippen LogP contribution in [0.1, 0.15) is 29.5 Å². The second-order valence-electron chi connectivity index (χ2n) is 5.95. The van der Waals surface area contributed by atoms with Gasteiger partial charge < -0.3 is 35.0 Å². The Morgan fingerprint density at radius 3 is 2.45 bits per heavy atom. The van der Waals surface area contributed by atoms with Crippen molar-refractivity contribution in [3.05, 3.63) is 28.5 Å². The summed E-state index contributed by atoms with van der Waals surface area (Å²) in [4.78, 5) is 15.4. The Morgan fingerprint density at radius 1 is 1.21 bits per heavy atom. The number of nitrogens with one attached hydrogen (secondary N) is 3. The number of carbonyl (C=O) groups is 1. The maximum Gasteiger partial charge on any atom is 0.356 e. The molecular weight excluding hydrogens is 400 g/mol. The lowest BCUT2D eigenvalue weighted by Crippen LogP contribution is -2.29. The van der Waals surface area contributed by atoms with Crippen molar-refractivity contribution < 1.29 is 23.7 Å². The third-order valence-electron chi connectivity index (χ3n) is 4.09. The smallest absolute Gasteiger partial charge is 0.356 e. The van der Waals surface area contributed by atoms with E-state index in [1.54, 1.807) is 12.1 Å². The van der Waals surface area contributed by atoms with Crippen LogP contribution in [0.5, 0.6) is 17.2 Å². The van der Waals surface area contributed by atoms with Crippen molar-refractivity contribution in [3.63, 3.8) is 0 Å². The van der Waals surface area contributed by atoms with Gasteiger partial charge in [-0.25, -0.2) is 4.79 Å². The SMILES string of the molecule is CCCOC(=O)c1[nH]c(CNC(=N)N)c(-c2ccc(OC)c(OC)c2OC)c1Cl. The zero-order chi connectivity index (χ0) is 21.6. The van der Waals surface area contributed by atoms with Crippen LogP contribution in [0.25, 0.3) is 11.1 Å². The first kappa shape index (κ1) is 22.2. The van der Waals surface area contributed by atoms with Crippen LogP contribution in [0.3, 0.4) is 0 Å². The second kappa shape index (κ2) is 9.92. The van der Waals surface area contributed by atoms with Crippen LogP contribution in [-0.2, 0) is 11.3 Å². The van der Waals surface area contributed by atoms with Gasteiger partial charge in [-0.15, -0.1) is 0 Å². The summed E-state index contributed by atoms with van der Waals surface area (Å²) in [5.74, 6) is 0.434. The van der Waals surface area contributed by atoms with E-state index in [-0.39, 0.29) is 29.8 Å². The van der Waals surface area contributed by atoms with Gasteiger partial charge in [0.15, 0.2) is 17.5 Å². The van der Waals surface area contributed by atoms with Gasteiger partial charge in [0, 0.05) is 16.8 Å². The highest BCUT2D eigenvalue weighted by atomic mass is 35.5. The number of halogens is 1. The standard InChI is InChI=1S/C19H25ClN4O5/c1-5-8-29-18(25)15-14(20)13(11(24-15)9-23-19(21)22)10-6-7-12(26-2)17(28-4)16(10)27-3/h6-7,24H,5,8-9H2,1-4H3,(H4,21,22,23). The summed E-state index contributed by atoms with van der Waals surface area (Å²) in [5, 5.41) is 10.3. The highest BCUT2D eigenvalue weighted by Gasteiger charge is 2.27. The van der Waals surface area contributed by atoms with Gasteiger partial charge in [0.1, 0.15) is 5.69 Å². The van der Waals surface area contributed by atoms with Gasteiger partial charge in [-0.05, 0) is 18.6 Å². The second-order valence-corrected chi connectivity index (χ2v) is 6.33. The Hall–Kier alpha value is -3.07. The average Bonchev–Trinajstić information content (AvgIpc) is 3.05. The van der Waals surface area contributed by atoms with Crippen molar-refractivity contribution >= 4 is 23.5 Å². The molecule has 0 saturated heterocycles. The fourth-order valence-corrected chi connectivity index (χ4v) is 3.17. The van der Waals surface area contributed by atoms with Gasteiger partial charge >= 0.3 is 5.97 Å². The minimum Gasteiger partial charge on any atom is -0.493 e. The van der Waals surface area contributed by atoms with Gasteiger partial charge in [-0.3, -0.25) is 5.41 Å². The third-order valence-corrected chi connectivity index (χ3v) is 4.47. The molecule has 0 spiro atoms. The molecule has 1 aromatic heterocycles. The van der Waals surface area contributed by atoms with Gasteiger partial charge in [-0.2, -0.15) is 0 Å². The number of carbonyl (C=O) groups excluding carboxylic acids is 1. The van der Waals surface area contributed by atoms with E-state index in [0.29, 0.717) is 40.5 Å². The summed E-state index contributed by atoms with van der Waals surface area (Å²) in [6.07, 6.45) is 0.680. The first-order chi connectivity index (χ1) is 13.9. The average molecular weight is 425 g/mol. The van der Waals surface area contributed by atoms with Gasteiger partial charge in [0.25, 0.3) is 0 Å².